The van der Waals surface area contributed by atoms with Crippen molar-refractivity contribution in [3.63, 3.8) is 0 Å². The van der Waals surface area contributed by atoms with E-state index in [1.54, 1.807) is 29.6 Å². The maximum absolute atomic E-state index is 11.9. The Hall–Kier alpha value is -2.25. The van der Waals surface area contributed by atoms with Gasteiger partial charge in [-0.1, -0.05) is 6.07 Å². The minimum atomic E-state index is -4.89. The molecule has 8 heteroatoms. The average Bonchev–Trinajstić information content (AvgIpc) is 2.45. The highest BCUT2D eigenvalue weighted by Crippen LogP contribution is 2.14. The summed E-state index contributed by atoms with van der Waals surface area (Å²) in [5.41, 5.74) is 0.383. The molecule has 1 aromatic carbocycles. The van der Waals surface area contributed by atoms with Crippen LogP contribution in [-0.2, 0) is 4.79 Å². The van der Waals surface area contributed by atoms with Gasteiger partial charge in [-0.25, -0.2) is 0 Å². The minimum Gasteiger partial charge on any atom is -0.497 e. The molecule has 0 radical (unpaired) electrons. The molecule has 1 rings (SSSR count). The highest BCUT2D eigenvalue weighted by Gasteiger charge is 2.38. The highest BCUT2D eigenvalue weighted by atomic mass is 19.4. The number of ether oxygens (including phenoxy) is 1. The fourth-order valence-corrected chi connectivity index (χ4v) is 1.46. The predicted octanol–water partition coefficient (Wildman–Crippen LogP) is 1.49. The second kappa shape index (κ2) is 7.51. The number of amides is 2. The summed E-state index contributed by atoms with van der Waals surface area (Å²) in [7, 11) is 1.47. The monoisotopic (exact) mass is 304 g/mol. The van der Waals surface area contributed by atoms with E-state index in [0.29, 0.717) is 11.3 Å². The molecule has 0 spiro atoms. The number of carbonyl (C=O) groups is 2. The van der Waals surface area contributed by atoms with Crippen molar-refractivity contribution in [3.05, 3.63) is 29.8 Å². The molecule has 0 saturated carbocycles. The molecule has 2 amide bonds. The summed E-state index contributed by atoms with van der Waals surface area (Å²) < 4.78 is 40.6. The summed E-state index contributed by atoms with van der Waals surface area (Å²) >= 11 is 0. The Balaban J connectivity index is 2.29. The van der Waals surface area contributed by atoms with Gasteiger partial charge < -0.3 is 15.4 Å². The van der Waals surface area contributed by atoms with Crippen LogP contribution in [0, 0.1) is 0 Å². The van der Waals surface area contributed by atoms with Crippen LogP contribution in [0.15, 0.2) is 24.3 Å². The van der Waals surface area contributed by atoms with Crippen molar-refractivity contribution < 1.29 is 27.5 Å². The third kappa shape index (κ3) is 5.72. The zero-order valence-electron chi connectivity index (χ0n) is 11.3. The lowest BCUT2D eigenvalue weighted by molar-refractivity contribution is -0.173. The minimum absolute atomic E-state index is 0.147. The smallest absolute Gasteiger partial charge is 0.471 e. The maximum Gasteiger partial charge on any atom is 0.471 e. The number of hydrogen-bond donors (Lipinski definition) is 2. The third-order valence-corrected chi connectivity index (χ3v) is 2.51. The number of methoxy groups -OCH3 is 1. The van der Waals surface area contributed by atoms with Crippen molar-refractivity contribution in [3.8, 4) is 5.75 Å². The summed E-state index contributed by atoms with van der Waals surface area (Å²) in [6.07, 6.45) is -4.69. The Morgan fingerprint density at radius 1 is 1.19 bits per heavy atom. The van der Waals surface area contributed by atoms with Crippen LogP contribution in [0.5, 0.6) is 5.75 Å². The Kier molecular flexibility index (Phi) is 6.01. The van der Waals surface area contributed by atoms with Gasteiger partial charge in [0, 0.05) is 18.7 Å². The number of nitrogens with one attached hydrogen (secondary N) is 2. The number of alkyl halides is 3. The van der Waals surface area contributed by atoms with Gasteiger partial charge in [-0.2, -0.15) is 13.2 Å². The zero-order valence-corrected chi connectivity index (χ0v) is 11.3. The summed E-state index contributed by atoms with van der Waals surface area (Å²) in [4.78, 5) is 22.3. The molecule has 116 valence electrons. The Morgan fingerprint density at radius 2 is 1.86 bits per heavy atom. The Labute approximate surface area is 119 Å². The molecule has 0 unspecified atom stereocenters. The molecule has 0 aromatic heterocycles. The molecule has 0 saturated heterocycles. The van der Waals surface area contributed by atoms with Crippen LogP contribution in [0.25, 0.3) is 0 Å². The van der Waals surface area contributed by atoms with E-state index in [2.05, 4.69) is 5.32 Å². The van der Waals surface area contributed by atoms with Gasteiger partial charge in [0.2, 0.25) is 0 Å². The predicted molar refractivity (Wildman–Crippen MR) is 69.0 cm³/mol. The molecule has 5 nitrogen and oxygen atoms in total. The summed E-state index contributed by atoms with van der Waals surface area (Å²) in [6.45, 7) is -0.0229. The molecule has 0 fully saturated rings. The van der Waals surface area contributed by atoms with Gasteiger partial charge >= 0.3 is 12.1 Å². The van der Waals surface area contributed by atoms with Gasteiger partial charge in [-0.15, -0.1) is 0 Å². The fourth-order valence-electron chi connectivity index (χ4n) is 1.46. The first-order valence-electron chi connectivity index (χ1n) is 6.12. The number of rotatable bonds is 6. The zero-order chi connectivity index (χ0) is 15.9. The second-order valence-corrected chi connectivity index (χ2v) is 4.10. The van der Waals surface area contributed by atoms with Crippen molar-refractivity contribution in [1.29, 1.82) is 0 Å². The first-order chi connectivity index (χ1) is 9.84. The molecule has 2 N–H and O–H groups in total. The van der Waals surface area contributed by atoms with Gasteiger partial charge in [0.25, 0.3) is 5.91 Å². The Morgan fingerprint density at radius 3 is 2.48 bits per heavy atom. The van der Waals surface area contributed by atoms with Crippen LogP contribution in [0.4, 0.5) is 13.2 Å². The quantitative estimate of drug-likeness (QED) is 0.783. The van der Waals surface area contributed by atoms with E-state index < -0.39 is 12.1 Å². The van der Waals surface area contributed by atoms with E-state index in [1.807, 2.05) is 0 Å². The molecule has 0 aliphatic rings. The van der Waals surface area contributed by atoms with E-state index in [1.165, 1.54) is 7.11 Å². The molecule has 0 aliphatic heterocycles. The van der Waals surface area contributed by atoms with E-state index in [-0.39, 0.29) is 25.4 Å². The fraction of sp³-hybridized carbons (Fsp3) is 0.385. The number of halogens is 3. The lowest BCUT2D eigenvalue weighted by atomic mass is 10.2. The van der Waals surface area contributed by atoms with E-state index in [9.17, 15) is 22.8 Å². The normalized spacial score (nSPS) is 10.9. The van der Waals surface area contributed by atoms with E-state index in [4.69, 9.17) is 4.74 Å². The second-order valence-electron chi connectivity index (χ2n) is 4.10. The SMILES string of the molecule is COc1cccc(C(=O)NCCCNC(=O)C(F)(F)F)c1. The first kappa shape index (κ1) is 16.8. The summed E-state index contributed by atoms with van der Waals surface area (Å²) in [6, 6.07) is 6.46. The van der Waals surface area contributed by atoms with Crippen LogP contribution in [0.3, 0.4) is 0 Å². The van der Waals surface area contributed by atoms with Crippen LogP contribution in [0.1, 0.15) is 16.8 Å². The van der Waals surface area contributed by atoms with Crippen molar-refractivity contribution >= 4 is 11.8 Å². The summed E-state index contributed by atoms with van der Waals surface area (Å²) in [5, 5.41) is 4.25. The van der Waals surface area contributed by atoms with Crippen LogP contribution in [-0.4, -0.2) is 38.2 Å². The van der Waals surface area contributed by atoms with Crippen molar-refractivity contribution in [2.24, 2.45) is 0 Å². The maximum atomic E-state index is 11.9. The first-order valence-corrected chi connectivity index (χ1v) is 6.12. The van der Waals surface area contributed by atoms with Crippen molar-refractivity contribution in [2.45, 2.75) is 12.6 Å². The van der Waals surface area contributed by atoms with Crippen molar-refractivity contribution in [2.75, 3.05) is 20.2 Å². The van der Waals surface area contributed by atoms with Gasteiger partial charge in [-0.3, -0.25) is 9.59 Å². The standard InChI is InChI=1S/C13H15F3N2O3/c1-21-10-5-2-4-9(8-10)11(19)17-6-3-7-18-12(20)13(14,15)16/h2,4-5,8H,3,6-7H2,1H3,(H,17,19)(H,18,20). The van der Waals surface area contributed by atoms with Crippen LogP contribution < -0.4 is 15.4 Å². The number of carbonyl (C=O) groups excluding carboxylic acids is 2. The molecular weight excluding hydrogens is 289 g/mol. The third-order valence-electron chi connectivity index (χ3n) is 2.51. The largest absolute Gasteiger partial charge is 0.497 e. The molecular formula is C13H15F3N2O3. The molecule has 21 heavy (non-hydrogen) atoms. The van der Waals surface area contributed by atoms with Gasteiger partial charge in [0.05, 0.1) is 7.11 Å². The Bertz CT molecular complexity index is 504. The number of benzene rings is 1. The van der Waals surface area contributed by atoms with E-state index in [0.717, 1.165) is 0 Å². The van der Waals surface area contributed by atoms with Crippen LogP contribution in [0.2, 0.25) is 0 Å². The molecule has 0 heterocycles. The lowest BCUT2D eigenvalue weighted by Crippen LogP contribution is -2.38. The molecule has 1 aromatic rings. The highest BCUT2D eigenvalue weighted by molar-refractivity contribution is 5.94. The van der Waals surface area contributed by atoms with E-state index >= 15 is 0 Å². The van der Waals surface area contributed by atoms with Crippen molar-refractivity contribution in [1.82, 2.24) is 10.6 Å². The summed E-state index contributed by atoms with van der Waals surface area (Å²) in [5.74, 6) is -1.82. The van der Waals surface area contributed by atoms with Gasteiger partial charge in [0.15, 0.2) is 0 Å². The average molecular weight is 304 g/mol. The molecule has 0 atom stereocenters. The lowest BCUT2D eigenvalue weighted by Gasteiger charge is -2.09. The molecule has 0 bridgehead atoms. The topological polar surface area (TPSA) is 67.4 Å². The van der Waals surface area contributed by atoms with Crippen LogP contribution >= 0.6 is 0 Å². The number of hydrogen-bond acceptors (Lipinski definition) is 3. The molecule has 0 aliphatic carbocycles. The van der Waals surface area contributed by atoms with Gasteiger partial charge in [0.1, 0.15) is 5.75 Å². The van der Waals surface area contributed by atoms with Gasteiger partial charge in [-0.05, 0) is 24.6 Å².